The number of para-hydroxylation sites is 1. The van der Waals surface area contributed by atoms with Gasteiger partial charge in [0.2, 0.25) is 20.8 Å². The van der Waals surface area contributed by atoms with Crippen LogP contribution in [0.5, 0.6) is 0 Å². The Kier molecular flexibility index (Phi) is 3.54. The molecule has 0 saturated carbocycles. The third-order valence-corrected chi connectivity index (χ3v) is 4.55. The van der Waals surface area contributed by atoms with Gasteiger partial charge in [-0.1, -0.05) is 48.5 Å². The smallest absolute Gasteiger partial charge is 0.243 e. The van der Waals surface area contributed by atoms with Crippen molar-refractivity contribution >= 4 is 20.7 Å². The number of nitrogens with one attached hydrogen (secondary N) is 1. The number of nitrogens with zero attached hydrogens (tertiary/aromatic N) is 4. The van der Waals surface area contributed by atoms with Crippen LogP contribution in [-0.4, -0.2) is 39.8 Å². The van der Waals surface area contributed by atoms with Crippen molar-refractivity contribution in [3.05, 3.63) is 54.6 Å². The summed E-state index contributed by atoms with van der Waals surface area (Å²) in [6, 6.07) is 17.0. The maximum Gasteiger partial charge on any atom is 0.243 e. The Morgan fingerprint density at radius 1 is 0.840 bits per heavy atom. The van der Waals surface area contributed by atoms with Gasteiger partial charge in [0.1, 0.15) is 5.69 Å². The van der Waals surface area contributed by atoms with Gasteiger partial charge in [-0.15, -0.1) is 0 Å². The van der Waals surface area contributed by atoms with Crippen molar-refractivity contribution in [1.29, 1.82) is 0 Å². The van der Waals surface area contributed by atoms with Crippen molar-refractivity contribution in [3.8, 4) is 22.9 Å². The molecule has 0 spiro atoms. The molecule has 1 N–H and O–H groups in total. The van der Waals surface area contributed by atoms with Crippen LogP contribution in [0, 0.1) is 0 Å². The summed E-state index contributed by atoms with van der Waals surface area (Å²) in [5.41, 5.74) is 2.07. The minimum absolute atomic E-state index is 0.188. The monoisotopic (exact) mass is 351 g/mol. The van der Waals surface area contributed by atoms with Crippen LogP contribution >= 0.6 is 0 Å². The lowest BCUT2D eigenvalue weighted by Gasteiger charge is -2.06. The molecule has 2 aromatic heterocycles. The molecule has 0 aliphatic heterocycles. The fourth-order valence-electron chi connectivity index (χ4n) is 2.48. The van der Waals surface area contributed by atoms with E-state index in [0.717, 1.165) is 22.7 Å². The van der Waals surface area contributed by atoms with Crippen LogP contribution in [0.2, 0.25) is 0 Å². The van der Waals surface area contributed by atoms with E-state index in [9.17, 15) is 8.42 Å². The lowest BCUT2D eigenvalue weighted by molar-refractivity contribution is 0.594. The van der Waals surface area contributed by atoms with E-state index in [-0.39, 0.29) is 11.0 Å². The van der Waals surface area contributed by atoms with Crippen LogP contribution in [0.4, 0.5) is 0 Å². The van der Waals surface area contributed by atoms with Gasteiger partial charge in [0, 0.05) is 17.2 Å². The number of H-pyrrole nitrogens is 1. The van der Waals surface area contributed by atoms with E-state index in [1.807, 2.05) is 54.6 Å². The lowest BCUT2D eigenvalue weighted by Crippen LogP contribution is -1.99. The SMILES string of the molecule is CS(=O)(=O)c1nc(-c2nc(-c3ccccc3)nc3ccccc23)n[nH]1. The molecule has 0 radical (unpaired) electrons. The minimum atomic E-state index is -3.48. The van der Waals surface area contributed by atoms with Crippen molar-refractivity contribution in [3.63, 3.8) is 0 Å². The molecule has 8 heteroatoms. The number of benzene rings is 2. The Bertz CT molecular complexity index is 1170. The second kappa shape index (κ2) is 5.75. The molecule has 2 heterocycles. The Morgan fingerprint density at radius 2 is 1.56 bits per heavy atom. The molecule has 0 aliphatic rings. The Hall–Kier alpha value is -3.13. The summed E-state index contributed by atoms with van der Waals surface area (Å²) in [5.74, 6) is 0.746. The van der Waals surface area contributed by atoms with E-state index in [4.69, 9.17) is 0 Å². The van der Waals surface area contributed by atoms with Crippen molar-refractivity contribution in [2.45, 2.75) is 5.16 Å². The minimum Gasteiger partial charge on any atom is -0.249 e. The van der Waals surface area contributed by atoms with Crippen molar-refractivity contribution in [2.24, 2.45) is 0 Å². The van der Waals surface area contributed by atoms with Crippen LogP contribution in [0.3, 0.4) is 0 Å². The van der Waals surface area contributed by atoms with E-state index in [0.29, 0.717) is 11.5 Å². The molecule has 4 aromatic rings. The average molecular weight is 351 g/mol. The van der Waals surface area contributed by atoms with Crippen LogP contribution in [-0.2, 0) is 9.84 Å². The number of aromatic amines is 1. The predicted octanol–water partition coefficient (Wildman–Crippen LogP) is 2.49. The van der Waals surface area contributed by atoms with Gasteiger partial charge < -0.3 is 0 Å². The number of aromatic nitrogens is 5. The third-order valence-electron chi connectivity index (χ3n) is 3.66. The van der Waals surface area contributed by atoms with Gasteiger partial charge in [-0.2, -0.15) is 10.1 Å². The quantitative estimate of drug-likeness (QED) is 0.608. The Morgan fingerprint density at radius 3 is 2.28 bits per heavy atom. The van der Waals surface area contributed by atoms with Crippen LogP contribution < -0.4 is 0 Å². The first-order valence-electron chi connectivity index (χ1n) is 7.47. The molecule has 4 rings (SSSR count). The van der Waals surface area contributed by atoms with Crippen molar-refractivity contribution in [2.75, 3.05) is 6.26 Å². The summed E-state index contributed by atoms with van der Waals surface area (Å²) >= 11 is 0. The molecule has 0 atom stereocenters. The molecule has 0 unspecified atom stereocenters. The molecule has 25 heavy (non-hydrogen) atoms. The van der Waals surface area contributed by atoms with Gasteiger partial charge in [-0.3, -0.25) is 0 Å². The number of hydrogen-bond acceptors (Lipinski definition) is 6. The summed E-state index contributed by atoms with van der Waals surface area (Å²) in [5, 5.41) is 7.05. The summed E-state index contributed by atoms with van der Waals surface area (Å²) in [4.78, 5) is 13.3. The fraction of sp³-hybridized carbons (Fsp3) is 0.0588. The van der Waals surface area contributed by atoms with Crippen LogP contribution in [0.15, 0.2) is 59.8 Å². The topological polar surface area (TPSA) is 101 Å². The highest BCUT2D eigenvalue weighted by molar-refractivity contribution is 7.90. The summed E-state index contributed by atoms with van der Waals surface area (Å²) in [6.45, 7) is 0. The standard InChI is InChI=1S/C17H13N5O2S/c1-25(23,24)17-20-16(21-22-17)14-12-9-5-6-10-13(12)18-15(19-14)11-7-3-2-4-8-11/h2-10H,1H3,(H,20,21,22). The largest absolute Gasteiger partial charge is 0.249 e. The van der Waals surface area contributed by atoms with E-state index >= 15 is 0 Å². The highest BCUT2D eigenvalue weighted by Gasteiger charge is 2.18. The van der Waals surface area contributed by atoms with Gasteiger partial charge in [-0.25, -0.2) is 23.5 Å². The predicted molar refractivity (Wildman–Crippen MR) is 93.5 cm³/mol. The van der Waals surface area contributed by atoms with Crippen molar-refractivity contribution in [1.82, 2.24) is 25.1 Å². The summed E-state index contributed by atoms with van der Waals surface area (Å²) in [7, 11) is -3.48. The van der Waals surface area contributed by atoms with Gasteiger partial charge in [0.25, 0.3) is 0 Å². The zero-order chi connectivity index (χ0) is 17.4. The van der Waals surface area contributed by atoms with E-state index in [1.54, 1.807) is 0 Å². The first-order chi connectivity index (χ1) is 12.0. The van der Waals surface area contributed by atoms with Gasteiger partial charge >= 0.3 is 0 Å². The molecule has 2 aromatic carbocycles. The van der Waals surface area contributed by atoms with Gasteiger partial charge in [0.15, 0.2) is 5.82 Å². The van der Waals surface area contributed by atoms with Gasteiger partial charge in [-0.05, 0) is 6.07 Å². The first kappa shape index (κ1) is 15.4. The maximum absolute atomic E-state index is 11.7. The fourth-order valence-corrected chi connectivity index (χ4v) is 2.95. The zero-order valence-electron chi connectivity index (χ0n) is 13.2. The molecular weight excluding hydrogens is 338 g/mol. The second-order valence-corrected chi connectivity index (χ2v) is 7.45. The van der Waals surface area contributed by atoms with E-state index < -0.39 is 9.84 Å². The Labute approximate surface area is 143 Å². The molecule has 0 bridgehead atoms. The highest BCUT2D eigenvalue weighted by Crippen LogP contribution is 2.27. The third kappa shape index (κ3) is 2.87. The molecule has 124 valence electrons. The van der Waals surface area contributed by atoms with Crippen LogP contribution in [0.1, 0.15) is 0 Å². The molecule has 0 amide bonds. The maximum atomic E-state index is 11.7. The zero-order valence-corrected chi connectivity index (χ0v) is 14.0. The first-order valence-corrected chi connectivity index (χ1v) is 9.36. The average Bonchev–Trinajstić information content (AvgIpc) is 3.12. The highest BCUT2D eigenvalue weighted by atomic mass is 32.2. The number of hydrogen-bond donors (Lipinski definition) is 1. The lowest BCUT2D eigenvalue weighted by atomic mass is 10.1. The van der Waals surface area contributed by atoms with Crippen molar-refractivity contribution < 1.29 is 8.42 Å². The summed E-state index contributed by atoms with van der Waals surface area (Å²) < 4.78 is 23.3. The molecular formula is C17H13N5O2S. The van der Waals surface area contributed by atoms with Gasteiger partial charge in [0.05, 0.1) is 5.52 Å². The molecule has 0 fully saturated rings. The van der Waals surface area contributed by atoms with E-state index in [2.05, 4.69) is 25.1 Å². The van der Waals surface area contributed by atoms with Crippen LogP contribution in [0.25, 0.3) is 33.8 Å². The molecule has 0 saturated heterocycles. The summed E-state index contributed by atoms with van der Waals surface area (Å²) in [6.07, 6.45) is 1.07. The number of rotatable bonds is 3. The molecule has 0 aliphatic carbocycles. The molecule has 7 nitrogen and oxygen atoms in total. The Balaban J connectivity index is 1.98. The number of sulfone groups is 1. The van der Waals surface area contributed by atoms with E-state index in [1.165, 1.54) is 0 Å². The normalized spacial score (nSPS) is 11.7. The number of fused-ring (bicyclic) bond motifs is 1. The second-order valence-electron chi connectivity index (χ2n) is 5.52.